The summed E-state index contributed by atoms with van der Waals surface area (Å²) in [5.41, 5.74) is 0.763. The summed E-state index contributed by atoms with van der Waals surface area (Å²) in [6.45, 7) is 2.01. The average molecular weight is 291 g/mol. The molecule has 100 valence electrons. The smallest absolute Gasteiger partial charge is 0.303 e. The molecule has 0 radical (unpaired) electrons. The van der Waals surface area contributed by atoms with Crippen LogP contribution in [0.1, 0.15) is 37.7 Å². The van der Waals surface area contributed by atoms with Gasteiger partial charge in [0.15, 0.2) is 0 Å². The Morgan fingerprint density at radius 1 is 1.44 bits per heavy atom. The van der Waals surface area contributed by atoms with E-state index < -0.39 is 5.97 Å². The fourth-order valence-electron chi connectivity index (χ4n) is 2.03. The minimum atomic E-state index is -0.841. The Kier molecular flexibility index (Phi) is 5.76. The third-order valence-corrected chi connectivity index (χ3v) is 3.24. The number of rotatable bonds is 6. The van der Waals surface area contributed by atoms with Crippen LogP contribution in [0.4, 0.5) is 0 Å². The van der Waals surface area contributed by atoms with Crippen molar-refractivity contribution in [3.63, 3.8) is 0 Å². The first kappa shape index (κ1) is 15.1. The third kappa shape index (κ3) is 3.79. The maximum absolute atomic E-state index is 10.9. The lowest BCUT2D eigenvalue weighted by Gasteiger charge is -2.19. The van der Waals surface area contributed by atoms with Crippen molar-refractivity contribution in [2.75, 3.05) is 7.11 Å². The molecular weight excluding hydrogens is 275 g/mol. The van der Waals surface area contributed by atoms with E-state index in [1.54, 1.807) is 12.1 Å². The van der Waals surface area contributed by atoms with E-state index in [4.69, 9.17) is 33.0 Å². The van der Waals surface area contributed by atoms with Crippen molar-refractivity contribution in [3.8, 4) is 5.75 Å². The number of hydrogen-bond acceptors (Lipinski definition) is 2. The minimum Gasteiger partial charge on any atom is -0.495 e. The molecule has 1 aromatic rings. The van der Waals surface area contributed by atoms with E-state index in [9.17, 15) is 4.79 Å². The first-order valence-corrected chi connectivity index (χ1v) is 6.49. The molecule has 0 aliphatic carbocycles. The summed E-state index contributed by atoms with van der Waals surface area (Å²) in [6, 6.07) is 3.32. The second-order valence-corrected chi connectivity index (χ2v) is 4.94. The third-order valence-electron chi connectivity index (χ3n) is 2.74. The lowest BCUT2D eigenvalue weighted by Crippen LogP contribution is -2.08. The number of carbonyl (C=O) groups is 1. The highest BCUT2D eigenvalue weighted by Gasteiger charge is 2.21. The fraction of sp³-hybridized carbons (Fsp3) is 0.462. The van der Waals surface area contributed by atoms with Crippen molar-refractivity contribution in [1.82, 2.24) is 0 Å². The van der Waals surface area contributed by atoms with Gasteiger partial charge >= 0.3 is 5.97 Å². The van der Waals surface area contributed by atoms with E-state index in [0.717, 1.165) is 18.4 Å². The van der Waals surface area contributed by atoms with Gasteiger partial charge in [0.1, 0.15) is 5.75 Å². The molecular formula is C13H16Cl2O3. The molecule has 5 heteroatoms. The highest BCUT2D eigenvalue weighted by atomic mass is 35.5. The van der Waals surface area contributed by atoms with Gasteiger partial charge in [-0.3, -0.25) is 4.79 Å². The van der Waals surface area contributed by atoms with Crippen molar-refractivity contribution < 1.29 is 14.6 Å². The first-order chi connectivity index (χ1) is 8.49. The summed E-state index contributed by atoms with van der Waals surface area (Å²) in [6.07, 6.45) is 1.67. The lowest BCUT2D eigenvalue weighted by molar-refractivity contribution is -0.137. The van der Waals surface area contributed by atoms with Crippen LogP contribution in [-0.4, -0.2) is 18.2 Å². The molecule has 1 rings (SSSR count). The standard InChI is InChI=1S/C13H16Cl2O3/c1-3-4-8(5-12(16)17)10-6-9(14)7-11(15)13(10)18-2/h6-8H,3-5H2,1-2H3,(H,16,17). The Morgan fingerprint density at radius 2 is 2.11 bits per heavy atom. The number of halogens is 2. The summed E-state index contributed by atoms with van der Waals surface area (Å²) < 4.78 is 5.26. The number of ether oxygens (including phenoxy) is 1. The number of hydrogen-bond donors (Lipinski definition) is 1. The summed E-state index contributed by atoms with van der Waals surface area (Å²) in [5, 5.41) is 9.86. The minimum absolute atomic E-state index is 0.0425. The van der Waals surface area contributed by atoms with Gasteiger partial charge in [0.25, 0.3) is 0 Å². The van der Waals surface area contributed by atoms with Crippen LogP contribution in [0.3, 0.4) is 0 Å². The van der Waals surface area contributed by atoms with Crippen LogP contribution in [0, 0.1) is 0 Å². The Bertz CT molecular complexity index is 432. The molecule has 3 nitrogen and oxygen atoms in total. The molecule has 0 aliphatic rings. The summed E-state index contributed by atoms with van der Waals surface area (Å²) in [7, 11) is 1.52. The maximum Gasteiger partial charge on any atom is 0.303 e. The molecule has 0 aromatic heterocycles. The number of methoxy groups -OCH3 is 1. The SMILES string of the molecule is CCCC(CC(=O)O)c1cc(Cl)cc(Cl)c1OC. The van der Waals surface area contributed by atoms with E-state index in [1.165, 1.54) is 7.11 Å². The van der Waals surface area contributed by atoms with Crippen LogP contribution >= 0.6 is 23.2 Å². The monoisotopic (exact) mass is 290 g/mol. The zero-order chi connectivity index (χ0) is 13.7. The number of aliphatic carboxylic acids is 1. The molecule has 1 aromatic carbocycles. The molecule has 1 unspecified atom stereocenters. The molecule has 0 heterocycles. The maximum atomic E-state index is 10.9. The van der Waals surface area contributed by atoms with Crippen molar-refractivity contribution in [3.05, 3.63) is 27.7 Å². The van der Waals surface area contributed by atoms with E-state index in [0.29, 0.717) is 15.8 Å². The van der Waals surface area contributed by atoms with E-state index in [1.807, 2.05) is 6.92 Å². The molecule has 0 bridgehead atoms. The van der Waals surface area contributed by atoms with Gasteiger partial charge in [-0.05, 0) is 24.5 Å². The van der Waals surface area contributed by atoms with Crippen LogP contribution in [0.5, 0.6) is 5.75 Å². The van der Waals surface area contributed by atoms with Gasteiger partial charge in [-0.25, -0.2) is 0 Å². The van der Waals surface area contributed by atoms with Gasteiger partial charge in [-0.2, -0.15) is 0 Å². The number of benzene rings is 1. The second-order valence-electron chi connectivity index (χ2n) is 4.09. The largest absolute Gasteiger partial charge is 0.495 e. The van der Waals surface area contributed by atoms with Crippen LogP contribution in [-0.2, 0) is 4.79 Å². The van der Waals surface area contributed by atoms with Crippen molar-refractivity contribution in [2.24, 2.45) is 0 Å². The molecule has 18 heavy (non-hydrogen) atoms. The summed E-state index contributed by atoms with van der Waals surface area (Å²) >= 11 is 12.0. The predicted octanol–water partition coefficient (Wildman–Crippen LogP) is 4.36. The molecule has 0 saturated heterocycles. The fourth-order valence-corrected chi connectivity index (χ4v) is 2.61. The molecule has 0 aliphatic heterocycles. The summed E-state index contributed by atoms with van der Waals surface area (Å²) in [5.74, 6) is -0.467. The predicted molar refractivity (Wildman–Crippen MR) is 72.9 cm³/mol. The van der Waals surface area contributed by atoms with Crippen molar-refractivity contribution in [1.29, 1.82) is 0 Å². The van der Waals surface area contributed by atoms with E-state index >= 15 is 0 Å². The molecule has 1 N–H and O–H groups in total. The topological polar surface area (TPSA) is 46.5 Å². The normalized spacial score (nSPS) is 12.2. The molecule has 0 amide bonds. The van der Waals surface area contributed by atoms with Crippen LogP contribution in [0.2, 0.25) is 10.0 Å². The zero-order valence-corrected chi connectivity index (χ0v) is 11.9. The number of carboxylic acids is 1. The summed E-state index contributed by atoms with van der Waals surface area (Å²) in [4.78, 5) is 10.9. The average Bonchev–Trinajstić information content (AvgIpc) is 2.27. The van der Waals surface area contributed by atoms with Crippen LogP contribution in [0.25, 0.3) is 0 Å². The molecule has 0 spiro atoms. The Morgan fingerprint density at radius 3 is 2.61 bits per heavy atom. The van der Waals surface area contributed by atoms with Crippen LogP contribution < -0.4 is 4.74 Å². The lowest BCUT2D eigenvalue weighted by atomic mass is 9.90. The second kappa shape index (κ2) is 6.86. The highest BCUT2D eigenvalue weighted by Crippen LogP contribution is 2.39. The zero-order valence-electron chi connectivity index (χ0n) is 10.4. The van der Waals surface area contributed by atoms with Gasteiger partial charge in [0.2, 0.25) is 0 Å². The van der Waals surface area contributed by atoms with Gasteiger partial charge < -0.3 is 9.84 Å². The van der Waals surface area contributed by atoms with E-state index in [2.05, 4.69) is 0 Å². The molecule has 1 atom stereocenters. The Hall–Kier alpha value is -0.930. The van der Waals surface area contributed by atoms with Crippen LogP contribution in [0.15, 0.2) is 12.1 Å². The molecule has 0 fully saturated rings. The number of carboxylic acid groups (broad SMARTS) is 1. The van der Waals surface area contributed by atoms with E-state index in [-0.39, 0.29) is 12.3 Å². The first-order valence-electron chi connectivity index (χ1n) is 5.74. The van der Waals surface area contributed by atoms with Gasteiger partial charge in [-0.1, -0.05) is 36.5 Å². The van der Waals surface area contributed by atoms with Crippen molar-refractivity contribution >= 4 is 29.2 Å². The molecule has 0 saturated carbocycles. The Balaban J connectivity index is 3.20. The quantitative estimate of drug-likeness (QED) is 0.847. The highest BCUT2D eigenvalue weighted by molar-refractivity contribution is 6.35. The van der Waals surface area contributed by atoms with Gasteiger partial charge in [-0.15, -0.1) is 0 Å². The Labute approximate surface area is 117 Å². The van der Waals surface area contributed by atoms with Crippen molar-refractivity contribution in [2.45, 2.75) is 32.1 Å². The van der Waals surface area contributed by atoms with Gasteiger partial charge in [0, 0.05) is 10.6 Å². The van der Waals surface area contributed by atoms with Gasteiger partial charge in [0.05, 0.1) is 18.6 Å².